The fraction of sp³-hybridized carbons (Fsp3) is 0.200. The van der Waals surface area contributed by atoms with Gasteiger partial charge in [-0.2, -0.15) is 0 Å². The van der Waals surface area contributed by atoms with E-state index in [1.807, 2.05) is 0 Å². The molecule has 1 unspecified atom stereocenters. The molecule has 15 heavy (non-hydrogen) atoms. The highest BCUT2D eigenvalue weighted by Crippen LogP contribution is 2.25. The summed E-state index contributed by atoms with van der Waals surface area (Å²) in [5.41, 5.74) is 1.89. The molecule has 5 heteroatoms. The highest BCUT2D eigenvalue weighted by Gasteiger charge is 2.13. The molecule has 1 aromatic heterocycles. The number of Topliss-reactive ketones (excluding diaryl/α,β-unsaturated/α-hetero) is 1. The lowest BCUT2D eigenvalue weighted by molar-refractivity contribution is -0.116. The maximum atomic E-state index is 11.1. The van der Waals surface area contributed by atoms with E-state index in [2.05, 4.69) is 20.9 Å². The maximum Gasteiger partial charge on any atom is 0.417 e. The topological polar surface area (TPSA) is 63.1 Å². The lowest BCUT2D eigenvalue weighted by atomic mass is 10.1. The van der Waals surface area contributed by atoms with Crippen LogP contribution in [0.1, 0.15) is 17.3 Å². The Bertz CT molecular complexity index is 569. The largest absolute Gasteiger partial charge is 0.417 e. The van der Waals surface area contributed by atoms with Gasteiger partial charge in [-0.25, -0.2) is 4.79 Å². The van der Waals surface area contributed by atoms with Crippen LogP contribution in [-0.2, 0) is 4.79 Å². The number of nitrogens with one attached hydrogen (secondary N) is 1. The molecule has 1 aromatic carbocycles. The highest BCUT2D eigenvalue weighted by atomic mass is 79.9. The Morgan fingerprint density at radius 2 is 2.27 bits per heavy atom. The van der Waals surface area contributed by atoms with Gasteiger partial charge in [0.2, 0.25) is 0 Å². The third-order valence-electron chi connectivity index (χ3n) is 2.09. The summed E-state index contributed by atoms with van der Waals surface area (Å²) in [7, 11) is 0. The molecule has 0 saturated heterocycles. The van der Waals surface area contributed by atoms with Crippen molar-refractivity contribution < 1.29 is 9.21 Å². The van der Waals surface area contributed by atoms with E-state index in [4.69, 9.17) is 4.42 Å². The van der Waals surface area contributed by atoms with Crippen molar-refractivity contribution in [2.45, 2.75) is 11.8 Å². The molecule has 0 saturated carbocycles. The summed E-state index contributed by atoms with van der Waals surface area (Å²) in [5, 5.41) is 0. The quantitative estimate of drug-likeness (QED) is 0.850. The SMILES string of the molecule is CC(=O)C(Br)c1ccc2oc(=O)[nH]c2c1. The smallest absolute Gasteiger partial charge is 0.408 e. The predicted molar refractivity (Wildman–Crippen MR) is 59.2 cm³/mol. The first-order valence-electron chi connectivity index (χ1n) is 4.35. The molecule has 0 aliphatic carbocycles. The number of fused-ring (bicyclic) bond motifs is 1. The van der Waals surface area contributed by atoms with Crippen LogP contribution in [0.25, 0.3) is 11.1 Å². The Hall–Kier alpha value is -1.36. The van der Waals surface area contributed by atoms with Crippen molar-refractivity contribution in [2.75, 3.05) is 0 Å². The summed E-state index contributed by atoms with van der Waals surface area (Å²) in [4.78, 5) is 24.2. The first-order valence-corrected chi connectivity index (χ1v) is 5.27. The minimum absolute atomic E-state index is 0.0141. The van der Waals surface area contributed by atoms with Crippen LogP contribution in [0.3, 0.4) is 0 Å². The first-order chi connectivity index (χ1) is 7.08. The molecule has 1 N–H and O–H groups in total. The van der Waals surface area contributed by atoms with Crippen LogP contribution < -0.4 is 5.76 Å². The summed E-state index contributed by atoms with van der Waals surface area (Å²) >= 11 is 3.27. The van der Waals surface area contributed by atoms with E-state index < -0.39 is 5.76 Å². The first kappa shape index (κ1) is 10.2. The van der Waals surface area contributed by atoms with E-state index in [0.29, 0.717) is 11.1 Å². The van der Waals surface area contributed by atoms with Gasteiger partial charge >= 0.3 is 5.76 Å². The molecule has 0 radical (unpaired) electrons. The van der Waals surface area contributed by atoms with Crippen molar-refractivity contribution in [3.05, 3.63) is 34.3 Å². The number of carbonyl (C=O) groups is 1. The van der Waals surface area contributed by atoms with Crippen LogP contribution in [0, 0.1) is 0 Å². The van der Waals surface area contributed by atoms with Gasteiger partial charge in [-0.15, -0.1) is 0 Å². The van der Waals surface area contributed by atoms with E-state index in [9.17, 15) is 9.59 Å². The maximum absolute atomic E-state index is 11.1. The number of carbonyl (C=O) groups excluding carboxylic acids is 1. The van der Waals surface area contributed by atoms with Crippen LogP contribution >= 0.6 is 15.9 Å². The second-order valence-electron chi connectivity index (χ2n) is 3.24. The molecule has 1 atom stereocenters. The zero-order valence-electron chi connectivity index (χ0n) is 7.91. The van der Waals surface area contributed by atoms with Crippen molar-refractivity contribution in [1.29, 1.82) is 0 Å². The third kappa shape index (κ3) is 1.87. The van der Waals surface area contributed by atoms with Gasteiger partial charge in [-0.05, 0) is 24.6 Å². The van der Waals surface area contributed by atoms with Crippen LogP contribution in [0.2, 0.25) is 0 Å². The molecule has 0 bridgehead atoms. The molecule has 0 fully saturated rings. The normalized spacial score (nSPS) is 12.9. The van der Waals surface area contributed by atoms with Gasteiger partial charge in [0.25, 0.3) is 0 Å². The number of alkyl halides is 1. The van der Waals surface area contributed by atoms with Gasteiger partial charge in [-0.1, -0.05) is 22.0 Å². The molecule has 0 amide bonds. The Balaban J connectivity index is 2.55. The number of benzene rings is 1. The second-order valence-corrected chi connectivity index (χ2v) is 4.16. The number of aromatic amines is 1. The van der Waals surface area contributed by atoms with E-state index in [1.165, 1.54) is 6.92 Å². The number of aromatic nitrogens is 1. The number of hydrogen-bond donors (Lipinski definition) is 1. The van der Waals surface area contributed by atoms with Crippen molar-refractivity contribution >= 4 is 32.8 Å². The molecular formula is C10H8BrNO3. The molecule has 2 aromatic rings. The van der Waals surface area contributed by atoms with Crippen LogP contribution in [0.15, 0.2) is 27.4 Å². The van der Waals surface area contributed by atoms with E-state index in [-0.39, 0.29) is 10.6 Å². The van der Waals surface area contributed by atoms with Gasteiger partial charge in [0.15, 0.2) is 5.58 Å². The lowest BCUT2D eigenvalue weighted by Crippen LogP contribution is -2.00. The van der Waals surface area contributed by atoms with Gasteiger partial charge in [0, 0.05) is 0 Å². The van der Waals surface area contributed by atoms with Gasteiger partial charge < -0.3 is 4.42 Å². The number of H-pyrrole nitrogens is 1. The molecule has 0 spiro atoms. The van der Waals surface area contributed by atoms with Gasteiger partial charge in [0.05, 0.1) is 10.3 Å². The average Bonchev–Trinajstić information content (AvgIpc) is 2.55. The van der Waals surface area contributed by atoms with E-state index in [1.54, 1.807) is 18.2 Å². The number of rotatable bonds is 2. The monoisotopic (exact) mass is 269 g/mol. The van der Waals surface area contributed by atoms with E-state index >= 15 is 0 Å². The molecular weight excluding hydrogens is 262 g/mol. The third-order valence-corrected chi connectivity index (χ3v) is 3.27. The van der Waals surface area contributed by atoms with Crippen molar-refractivity contribution in [1.82, 2.24) is 4.98 Å². The molecule has 78 valence electrons. The number of oxazole rings is 1. The van der Waals surface area contributed by atoms with E-state index in [0.717, 1.165) is 5.56 Å². The number of hydrogen-bond acceptors (Lipinski definition) is 3. The van der Waals surface area contributed by atoms with Crippen LogP contribution in [0.4, 0.5) is 0 Å². The zero-order valence-corrected chi connectivity index (χ0v) is 9.50. The lowest BCUT2D eigenvalue weighted by Gasteiger charge is -2.04. The standard InChI is InChI=1S/C10H8BrNO3/c1-5(13)9(11)6-2-3-8-7(4-6)12-10(14)15-8/h2-4,9H,1H3,(H,12,14). The van der Waals surface area contributed by atoms with Gasteiger partial charge in [0.1, 0.15) is 5.78 Å². The predicted octanol–water partition coefficient (Wildman–Crippen LogP) is 2.15. The summed E-state index contributed by atoms with van der Waals surface area (Å²) in [6, 6.07) is 5.14. The minimum Gasteiger partial charge on any atom is -0.408 e. The molecule has 0 aliphatic rings. The van der Waals surface area contributed by atoms with Crippen molar-refractivity contribution in [3.8, 4) is 0 Å². The fourth-order valence-electron chi connectivity index (χ4n) is 1.36. The molecule has 0 aliphatic heterocycles. The van der Waals surface area contributed by atoms with Crippen LogP contribution in [-0.4, -0.2) is 10.8 Å². The van der Waals surface area contributed by atoms with Crippen molar-refractivity contribution in [2.24, 2.45) is 0 Å². The number of halogens is 1. The summed E-state index contributed by atoms with van der Waals surface area (Å²) < 4.78 is 4.85. The molecule has 2 rings (SSSR count). The molecule has 1 heterocycles. The summed E-state index contributed by atoms with van der Waals surface area (Å²) in [5.74, 6) is -0.476. The fourth-order valence-corrected chi connectivity index (χ4v) is 1.65. The average molecular weight is 270 g/mol. The van der Waals surface area contributed by atoms with Crippen LogP contribution in [0.5, 0.6) is 0 Å². The van der Waals surface area contributed by atoms with Crippen molar-refractivity contribution in [3.63, 3.8) is 0 Å². The Labute approximate surface area is 93.4 Å². The Morgan fingerprint density at radius 3 is 2.93 bits per heavy atom. The summed E-state index contributed by atoms with van der Waals surface area (Å²) in [6.45, 7) is 1.50. The Morgan fingerprint density at radius 1 is 1.53 bits per heavy atom. The minimum atomic E-state index is -0.490. The Kier molecular flexibility index (Phi) is 2.48. The van der Waals surface area contributed by atoms with Gasteiger partial charge in [-0.3, -0.25) is 9.78 Å². The molecule has 4 nitrogen and oxygen atoms in total. The second kappa shape index (κ2) is 3.66. The summed E-state index contributed by atoms with van der Waals surface area (Å²) in [6.07, 6.45) is 0. The zero-order chi connectivity index (χ0) is 11.0. The number of ketones is 1. The highest BCUT2D eigenvalue weighted by molar-refractivity contribution is 9.09.